The molecule has 1 rings (SSSR count). The second kappa shape index (κ2) is 4.34. The summed E-state index contributed by atoms with van der Waals surface area (Å²) in [4.78, 5) is 9.98. The zero-order valence-corrected chi connectivity index (χ0v) is 6.75. The lowest BCUT2D eigenvalue weighted by Crippen LogP contribution is -2.31. The van der Waals surface area contributed by atoms with E-state index in [4.69, 9.17) is 5.73 Å². The molecule has 0 spiro atoms. The van der Waals surface area contributed by atoms with Crippen molar-refractivity contribution >= 4 is 6.41 Å². The highest BCUT2D eigenvalue weighted by molar-refractivity contribution is 5.45. The van der Waals surface area contributed by atoms with E-state index < -0.39 is 0 Å². The van der Waals surface area contributed by atoms with Crippen LogP contribution in [0.3, 0.4) is 0 Å². The first kappa shape index (κ1) is 8.53. The maximum Gasteiger partial charge on any atom is 0.207 e. The van der Waals surface area contributed by atoms with Crippen LogP contribution >= 0.6 is 0 Å². The molecule has 0 saturated heterocycles. The molecular formula is C8H16N2O. The van der Waals surface area contributed by atoms with Crippen LogP contribution in [0.1, 0.15) is 25.7 Å². The molecule has 64 valence electrons. The first-order valence-electron chi connectivity index (χ1n) is 4.25. The average molecular weight is 156 g/mol. The van der Waals surface area contributed by atoms with Crippen LogP contribution < -0.4 is 11.1 Å². The number of amides is 1. The Labute approximate surface area is 67.3 Å². The second-order valence-electron chi connectivity index (χ2n) is 3.31. The van der Waals surface area contributed by atoms with Gasteiger partial charge in [-0.15, -0.1) is 0 Å². The second-order valence-corrected chi connectivity index (χ2v) is 3.31. The van der Waals surface area contributed by atoms with Gasteiger partial charge >= 0.3 is 0 Å². The molecule has 0 unspecified atom stereocenters. The SMILES string of the molecule is NC1CCC(CNC=O)CC1. The Balaban J connectivity index is 2.12. The normalized spacial score (nSPS) is 31.4. The molecule has 1 amide bonds. The van der Waals surface area contributed by atoms with E-state index in [9.17, 15) is 4.79 Å². The summed E-state index contributed by atoms with van der Waals surface area (Å²) in [6.07, 6.45) is 5.34. The van der Waals surface area contributed by atoms with Crippen LogP contribution in [0.4, 0.5) is 0 Å². The van der Waals surface area contributed by atoms with E-state index in [2.05, 4.69) is 5.32 Å². The predicted molar refractivity (Wildman–Crippen MR) is 44.0 cm³/mol. The van der Waals surface area contributed by atoms with E-state index in [-0.39, 0.29) is 0 Å². The fraction of sp³-hybridized carbons (Fsp3) is 0.875. The summed E-state index contributed by atoms with van der Waals surface area (Å²) in [6, 6.07) is 0.405. The minimum atomic E-state index is 0.405. The van der Waals surface area contributed by atoms with Gasteiger partial charge in [-0.3, -0.25) is 4.79 Å². The highest BCUT2D eigenvalue weighted by Gasteiger charge is 2.17. The van der Waals surface area contributed by atoms with E-state index >= 15 is 0 Å². The number of hydrogen-bond acceptors (Lipinski definition) is 2. The Bertz CT molecular complexity index is 119. The van der Waals surface area contributed by atoms with Crippen LogP contribution in [-0.4, -0.2) is 19.0 Å². The molecule has 1 fully saturated rings. The highest BCUT2D eigenvalue weighted by atomic mass is 16.1. The molecule has 0 atom stereocenters. The first-order chi connectivity index (χ1) is 5.33. The Hall–Kier alpha value is -0.570. The van der Waals surface area contributed by atoms with Gasteiger partial charge in [-0.05, 0) is 31.6 Å². The molecule has 1 saturated carbocycles. The molecule has 0 aromatic heterocycles. The lowest BCUT2D eigenvalue weighted by Gasteiger charge is -2.25. The molecule has 3 N–H and O–H groups in total. The molecule has 0 aliphatic heterocycles. The van der Waals surface area contributed by atoms with E-state index in [1.54, 1.807) is 0 Å². The number of nitrogens with one attached hydrogen (secondary N) is 1. The number of carbonyl (C=O) groups is 1. The molecule has 11 heavy (non-hydrogen) atoms. The van der Waals surface area contributed by atoms with Crippen molar-refractivity contribution in [3.05, 3.63) is 0 Å². The molecule has 1 aliphatic rings. The van der Waals surface area contributed by atoms with Gasteiger partial charge in [0.25, 0.3) is 0 Å². The van der Waals surface area contributed by atoms with E-state index in [1.165, 1.54) is 12.8 Å². The smallest absolute Gasteiger partial charge is 0.207 e. The maximum absolute atomic E-state index is 9.98. The van der Waals surface area contributed by atoms with Crippen molar-refractivity contribution in [2.75, 3.05) is 6.54 Å². The van der Waals surface area contributed by atoms with Gasteiger partial charge in [0.15, 0.2) is 0 Å². The van der Waals surface area contributed by atoms with Crippen molar-refractivity contribution in [3.8, 4) is 0 Å². The van der Waals surface area contributed by atoms with Gasteiger partial charge in [0.05, 0.1) is 0 Å². The topological polar surface area (TPSA) is 55.1 Å². The molecule has 0 bridgehead atoms. The van der Waals surface area contributed by atoms with Crippen molar-refractivity contribution in [1.29, 1.82) is 0 Å². The van der Waals surface area contributed by atoms with Crippen molar-refractivity contribution in [3.63, 3.8) is 0 Å². The van der Waals surface area contributed by atoms with Crippen LogP contribution in [0.2, 0.25) is 0 Å². The molecular weight excluding hydrogens is 140 g/mol. The fourth-order valence-corrected chi connectivity index (χ4v) is 1.61. The van der Waals surface area contributed by atoms with Crippen molar-refractivity contribution in [2.24, 2.45) is 11.7 Å². The molecule has 3 heteroatoms. The Morgan fingerprint density at radius 2 is 2.00 bits per heavy atom. The summed E-state index contributed by atoms with van der Waals surface area (Å²) in [5.74, 6) is 0.667. The Morgan fingerprint density at radius 1 is 1.36 bits per heavy atom. The van der Waals surface area contributed by atoms with Crippen molar-refractivity contribution < 1.29 is 4.79 Å². The zero-order chi connectivity index (χ0) is 8.10. The summed E-state index contributed by atoms with van der Waals surface area (Å²) in [6.45, 7) is 0.830. The van der Waals surface area contributed by atoms with Crippen molar-refractivity contribution in [1.82, 2.24) is 5.32 Å². The average Bonchev–Trinajstić information content (AvgIpc) is 2.04. The number of carbonyl (C=O) groups excluding carboxylic acids is 1. The van der Waals surface area contributed by atoms with Gasteiger partial charge in [0, 0.05) is 12.6 Å². The van der Waals surface area contributed by atoms with Crippen molar-refractivity contribution in [2.45, 2.75) is 31.7 Å². The van der Waals surface area contributed by atoms with Crippen LogP contribution in [0.15, 0.2) is 0 Å². The third kappa shape index (κ3) is 2.89. The van der Waals surface area contributed by atoms with Gasteiger partial charge in [-0.1, -0.05) is 0 Å². The molecule has 0 radical (unpaired) electrons. The number of rotatable bonds is 3. The lowest BCUT2D eigenvalue weighted by atomic mass is 9.86. The van der Waals surface area contributed by atoms with Gasteiger partial charge in [-0.25, -0.2) is 0 Å². The van der Waals surface area contributed by atoms with Gasteiger partial charge in [-0.2, -0.15) is 0 Å². The third-order valence-corrected chi connectivity index (χ3v) is 2.38. The van der Waals surface area contributed by atoms with Gasteiger partial charge < -0.3 is 11.1 Å². The van der Waals surface area contributed by atoms with Crippen LogP contribution in [-0.2, 0) is 4.79 Å². The summed E-state index contributed by atoms with van der Waals surface area (Å²) >= 11 is 0. The third-order valence-electron chi connectivity index (χ3n) is 2.38. The number of nitrogens with two attached hydrogens (primary N) is 1. The summed E-state index contributed by atoms with van der Waals surface area (Å²) in [5.41, 5.74) is 5.74. The summed E-state index contributed by atoms with van der Waals surface area (Å²) in [5, 5.41) is 2.71. The van der Waals surface area contributed by atoms with Gasteiger partial charge in [0.1, 0.15) is 0 Å². The molecule has 1 aliphatic carbocycles. The lowest BCUT2D eigenvalue weighted by molar-refractivity contribution is -0.109. The molecule has 0 aromatic carbocycles. The number of hydrogen-bond donors (Lipinski definition) is 2. The predicted octanol–water partition coefficient (Wildman–Crippen LogP) is 0.250. The molecule has 3 nitrogen and oxygen atoms in total. The van der Waals surface area contributed by atoms with Crippen LogP contribution in [0.5, 0.6) is 0 Å². The standard InChI is InChI=1S/C8H16N2O/c9-8-3-1-7(2-4-8)5-10-6-11/h6-8H,1-5,9H2,(H,10,11). The van der Waals surface area contributed by atoms with E-state index in [0.717, 1.165) is 25.8 Å². The van der Waals surface area contributed by atoms with Gasteiger partial charge in [0.2, 0.25) is 6.41 Å². The molecule has 0 aromatic rings. The van der Waals surface area contributed by atoms with Crippen LogP contribution in [0, 0.1) is 5.92 Å². The maximum atomic E-state index is 9.98. The molecule has 0 heterocycles. The quantitative estimate of drug-likeness (QED) is 0.575. The van der Waals surface area contributed by atoms with Crippen LogP contribution in [0.25, 0.3) is 0 Å². The van der Waals surface area contributed by atoms with E-state index in [1.807, 2.05) is 0 Å². The summed E-state index contributed by atoms with van der Waals surface area (Å²) in [7, 11) is 0. The Kier molecular flexibility index (Phi) is 3.36. The fourth-order valence-electron chi connectivity index (χ4n) is 1.61. The summed E-state index contributed by atoms with van der Waals surface area (Å²) < 4.78 is 0. The Morgan fingerprint density at radius 3 is 2.55 bits per heavy atom. The zero-order valence-electron chi connectivity index (χ0n) is 6.75. The minimum absolute atomic E-state index is 0.405. The first-order valence-corrected chi connectivity index (χ1v) is 4.25. The van der Waals surface area contributed by atoms with E-state index in [0.29, 0.717) is 12.0 Å². The highest BCUT2D eigenvalue weighted by Crippen LogP contribution is 2.21. The minimum Gasteiger partial charge on any atom is -0.358 e. The largest absolute Gasteiger partial charge is 0.358 e. The monoisotopic (exact) mass is 156 g/mol.